The van der Waals surface area contributed by atoms with E-state index in [0.29, 0.717) is 0 Å². The molecule has 0 aliphatic rings. The number of carbonyl (C=O) groups is 1. The van der Waals surface area contributed by atoms with Crippen LogP contribution in [0.2, 0.25) is 0 Å². The number of hydrogen-bond donors (Lipinski definition) is 0. The van der Waals surface area contributed by atoms with Crippen molar-refractivity contribution in [3.8, 4) is 0 Å². The first-order chi connectivity index (χ1) is 7.09. The first kappa shape index (κ1) is 12.4. The van der Waals surface area contributed by atoms with Gasteiger partial charge in [-0.2, -0.15) is 0 Å². The SMILES string of the molecule is CC(C)(C=O)CCc1ccccc1CBr. The molecule has 0 spiro atoms. The Kier molecular flexibility index (Phi) is 4.52. The average Bonchev–Trinajstić information content (AvgIpc) is 2.27. The van der Waals surface area contributed by atoms with E-state index in [2.05, 4.69) is 34.1 Å². The fraction of sp³-hybridized carbons (Fsp3) is 0.462. The van der Waals surface area contributed by atoms with Gasteiger partial charge in [0.2, 0.25) is 0 Å². The predicted molar refractivity (Wildman–Crippen MR) is 67.2 cm³/mol. The molecule has 0 N–H and O–H groups in total. The summed E-state index contributed by atoms with van der Waals surface area (Å²) in [5.74, 6) is 0. The molecule has 1 rings (SSSR count). The summed E-state index contributed by atoms with van der Waals surface area (Å²) in [4.78, 5) is 10.8. The second-order valence-corrected chi connectivity index (χ2v) is 5.07. The molecule has 0 amide bonds. The minimum atomic E-state index is -0.209. The maximum absolute atomic E-state index is 10.8. The van der Waals surface area contributed by atoms with Crippen LogP contribution in [-0.2, 0) is 16.5 Å². The monoisotopic (exact) mass is 268 g/mol. The Balaban J connectivity index is 2.68. The van der Waals surface area contributed by atoms with Crippen LogP contribution in [0.15, 0.2) is 24.3 Å². The molecule has 0 aliphatic carbocycles. The van der Waals surface area contributed by atoms with Crippen LogP contribution in [0, 0.1) is 5.41 Å². The van der Waals surface area contributed by atoms with Gasteiger partial charge >= 0.3 is 0 Å². The lowest BCUT2D eigenvalue weighted by Crippen LogP contribution is -2.14. The highest BCUT2D eigenvalue weighted by atomic mass is 79.9. The largest absolute Gasteiger partial charge is 0.303 e. The van der Waals surface area contributed by atoms with Crippen LogP contribution in [0.1, 0.15) is 31.4 Å². The van der Waals surface area contributed by atoms with Gasteiger partial charge in [-0.25, -0.2) is 0 Å². The standard InChI is InChI=1S/C13H17BrO/c1-13(2,10-15)8-7-11-5-3-4-6-12(11)9-14/h3-6,10H,7-9H2,1-2H3. The smallest absolute Gasteiger partial charge is 0.125 e. The summed E-state index contributed by atoms with van der Waals surface area (Å²) in [6.45, 7) is 3.97. The highest BCUT2D eigenvalue weighted by Gasteiger charge is 2.16. The van der Waals surface area contributed by atoms with Crippen LogP contribution in [0.25, 0.3) is 0 Å². The molecule has 0 saturated carbocycles. The Morgan fingerprint density at radius 2 is 1.87 bits per heavy atom. The topological polar surface area (TPSA) is 17.1 Å². The zero-order chi connectivity index (χ0) is 11.3. The number of halogens is 1. The van der Waals surface area contributed by atoms with Gasteiger partial charge in [-0.05, 0) is 24.0 Å². The maximum Gasteiger partial charge on any atom is 0.125 e. The zero-order valence-electron chi connectivity index (χ0n) is 9.29. The van der Waals surface area contributed by atoms with Crippen molar-refractivity contribution in [3.63, 3.8) is 0 Å². The molecular formula is C13H17BrO. The number of benzene rings is 1. The van der Waals surface area contributed by atoms with Crippen molar-refractivity contribution in [1.82, 2.24) is 0 Å². The number of aldehydes is 1. The Morgan fingerprint density at radius 3 is 2.40 bits per heavy atom. The molecule has 1 aromatic rings. The third kappa shape index (κ3) is 3.78. The molecule has 0 aromatic heterocycles. The third-order valence-corrected chi connectivity index (χ3v) is 3.22. The fourth-order valence-electron chi connectivity index (χ4n) is 1.45. The minimum absolute atomic E-state index is 0.209. The zero-order valence-corrected chi connectivity index (χ0v) is 10.9. The van der Waals surface area contributed by atoms with E-state index in [1.54, 1.807) is 0 Å². The quantitative estimate of drug-likeness (QED) is 0.588. The molecule has 0 radical (unpaired) electrons. The van der Waals surface area contributed by atoms with Crippen molar-refractivity contribution in [2.45, 2.75) is 32.0 Å². The Labute approximate surface area is 100 Å². The van der Waals surface area contributed by atoms with Crippen molar-refractivity contribution in [2.24, 2.45) is 5.41 Å². The second-order valence-electron chi connectivity index (χ2n) is 4.51. The first-order valence-electron chi connectivity index (χ1n) is 5.18. The fourth-order valence-corrected chi connectivity index (χ4v) is 1.99. The van der Waals surface area contributed by atoms with Crippen LogP contribution in [0.5, 0.6) is 0 Å². The minimum Gasteiger partial charge on any atom is -0.303 e. The highest BCUT2D eigenvalue weighted by molar-refractivity contribution is 9.08. The van der Waals surface area contributed by atoms with Gasteiger partial charge in [0.05, 0.1) is 0 Å². The van der Waals surface area contributed by atoms with Crippen molar-refractivity contribution in [1.29, 1.82) is 0 Å². The Bertz CT molecular complexity index is 331. The summed E-state index contributed by atoms with van der Waals surface area (Å²) < 4.78 is 0. The predicted octanol–water partition coefficient (Wildman–Crippen LogP) is 3.74. The van der Waals surface area contributed by atoms with Crippen LogP contribution in [-0.4, -0.2) is 6.29 Å². The molecule has 15 heavy (non-hydrogen) atoms. The van der Waals surface area contributed by atoms with Crippen molar-refractivity contribution >= 4 is 22.2 Å². The average molecular weight is 269 g/mol. The molecule has 0 atom stereocenters. The number of rotatable bonds is 5. The molecule has 2 heteroatoms. The number of aryl methyl sites for hydroxylation is 1. The van der Waals surface area contributed by atoms with Gasteiger partial charge in [-0.1, -0.05) is 54.0 Å². The van der Waals surface area contributed by atoms with E-state index < -0.39 is 0 Å². The summed E-state index contributed by atoms with van der Waals surface area (Å²) in [7, 11) is 0. The summed E-state index contributed by atoms with van der Waals surface area (Å²) in [5.41, 5.74) is 2.45. The lowest BCUT2D eigenvalue weighted by molar-refractivity contribution is -0.114. The van der Waals surface area contributed by atoms with E-state index in [-0.39, 0.29) is 5.41 Å². The highest BCUT2D eigenvalue weighted by Crippen LogP contribution is 2.22. The van der Waals surface area contributed by atoms with Gasteiger partial charge in [-0.3, -0.25) is 0 Å². The van der Waals surface area contributed by atoms with Gasteiger partial charge in [0.1, 0.15) is 6.29 Å². The van der Waals surface area contributed by atoms with Gasteiger partial charge in [0.25, 0.3) is 0 Å². The molecule has 0 fully saturated rings. The molecule has 0 unspecified atom stereocenters. The molecule has 1 nitrogen and oxygen atoms in total. The number of alkyl halides is 1. The van der Waals surface area contributed by atoms with Gasteiger partial charge < -0.3 is 4.79 Å². The van der Waals surface area contributed by atoms with E-state index in [9.17, 15) is 4.79 Å². The summed E-state index contributed by atoms with van der Waals surface area (Å²) in [5, 5.41) is 0.880. The van der Waals surface area contributed by atoms with Gasteiger partial charge in [-0.15, -0.1) is 0 Å². The maximum atomic E-state index is 10.8. The summed E-state index contributed by atoms with van der Waals surface area (Å²) in [6, 6.07) is 8.36. The van der Waals surface area contributed by atoms with Crippen LogP contribution in [0.4, 0.5) is 0 Å². The molecule has 0 bridgehead atoms. The second kappa shape index (κ2) is 5.45. The molecule has 0 aliphatic heterocycles. The van der Waals surface area contributed by atoms with Crippen LogP contribution in [0.3, 0.4) is 0 Å². The Hall–Kier alpha value is -0.630. The molecule has 1 aromatic carbocycles. The van der Waals surface area contributed by atoms with E-state index in [4.69, 9.17) is 0 Å². The van der Waals surface area contributed by atoms with Crippen molar-refractivity contribution < 1.29 is 4.79 Å². The van der Waals surface area contributed by atoms with Gasteiger partial charge in [0, 0.05) is 10.7 Å². The van der Waals surface area contributed by atoms with E-state index in [1.807, 2.05) is 19.9 Å². The van der Waals surface area contributed by atoms with Crippen LogP contribution >= 0.6 is 15.9 Å². The van der Waals surface area contributed by atoms with E-state index >= 15 is 0 Å². The molecule has 0 saturated heterocycles. The van der Waals surface area contributed by atoms with E-state index in [0.717, 1.165) is 24.5 Å². The lowest BCUT2D eigenvalue weighted by Gasteiger charge is -2.17. The third-order valence-electron chi connectivity index (χ3n) is 2.62. The summed E-state index contributed by atoms with van der Waals surface area (Å²) >= 11 is 3.48. The number of hydrogen-bond acceptors (Lipinski definition) is 1. The lowest BCUT2D eigenvalue weighted by atomic mass is 9.87. The normalized spacial score (nSPS) is 11.4. The first-order valence-corrected chi connectivity index (χ1v) is 6.30. The van der Waals surface area contributed by atoms with Crippen molar-refractivity contribution in [3.05, 3.63) is 35.4 Å². The molecular weight excluding hydrogens is 252 g/mol. The van der Waals surface area contributed by atoms with Gasteiger partial charge in [0.15, 0.2) is 0 Å². The van der Waals surface area contributed by atoms with Crippen LogP contribution < -0.4 is 0 Å². The van der Waals surface area contributed by atoms with Crippen molar-refractivity contribution in [2.75, 3.05) is 0 Å². The van der Waals surface area contributed by atoms with E-state index in [1.165, 1.54) is 11.1 Å². The number of carbonyl (C=O) groups excluding carboxylic acids is 1. The Morgan fingerprint density at radius 1 is 1.27 bits per heavy atom. The molecule has 82 valence electrons. The summed E-state index contributed by atoms with van der Waals surface area (Å²) in [6.07, 6.45) is 2.91. The molecule has 0 heterocycles.